The molecular formula is C6H5O4. The Kier molecular flexibility index (Phi) is 1.16. The standard InChI is InChI=1S/C6H5O4/c1-2-8-5(7-1)6-9-3-4-10-6/h1-3,5-6H. The van der Waals surface area contributed by atoms with Crippen molar-refractivity contribution in [2.75, 3.05) is 0 Å². The van der Waals surface area contributed by atoms with Crippen LogP contribution in [-0.4, -0.2) is 12.6 Å². The summed E-state index contributed by atoms with van der Waals surface area (Å²) in [4.78, 5) is 0. The molecule has 0 bridgehead atoms. The first kappa shape index (κ1) is 5.46. The highest BCUT2D eigenvalue weighted by Crippen LogP contribution is 2.16. The molecule has 2 heterocycles. The summed E-state index contributed by atoms with van der Waals surface area (Å²) in [5.41, 5.74) is 0. The predicted octanol–water partition coefficient (Wildman–Crippen LogP) is 0.478. The molecule has 1 radical (unpaired) electrons. The molecule has 0 aromatic rings. The van der Waals surface area contributed by atoms with Crippen LogP contribution in [0.2, 0.25) is 0 Å². The van der Waals surface area contributed by atoms with Crippen LogP contribution in [-0.2, 0) is 18.9 Å². The van der Waals surface area contributed by atoms with Crippen molar-refractivity contribution >= 4 is 0 Å². The van der Waals surface area contributed by atoms with Gasteiger partial charge < -0.3 is 18.9 Å². The van der Waals surface area contributed by atoms with Crippen molar-refractivity contribution in [2.24, 2.45) is 0 Å². The number of rotatable bonds is 1. The van der Waals surface area contributed by atoms with Crippen molar-refractivity contribution in [2.45, 2.75) is 12.6 Å². The van der Waals surface area contributed by atoms with Gasteiger partial charge in [-0.2, -0.15) is 0 Å². The second kappa shape index (κ2) is 2.13. The molecule has 4 heteroatoms. The van der Waals surface area contributed by atoms with E-state index < -0.39 is 12.6 Å². The Balaban J connectivity index is 1.89. The molecule has 2 aliphatic heterocycles. The van der Waals surface area contributed by atoms with Gasteiger partial charge in [-0.25, -0.2) is 0 Å². The average molecular weight is 141 g/mol. The third-order valence-corrected chi connectivity index (χ3v) is 1.14. The zero-order valence-corrected chi connectivity index (χ0v) is 5.02. The van der Waals surface area contributed by atoms with Gasteiger partial charge in [0.05, 0.1) is 0 Å². The molecule has 0 saturated carbocycles. The summed E-state index contributed by atoms with van der Waals surface area (Å²) in [6.07, 6.45) is 5.61. The maximum absolute atomic E-state index is 4.92. The highest BCUT2D eigenvalue weighted by molar-refractivity contribution is 4.76. The fourth-order valence-corrected chi connectivity index (χ4v) is 0.717. The largest absolute Gasteiger partial charge is 0.453 e. The van der Waals surface area contributed by atoms with E-state index in [0.29, 0.717) is 0 Å². The molecule has 0 amide bonds. The molecule has 0 fully saturated rings. The Morgan fingerprint density at radius 2 is 1.80 bits per heavy atom. The van der Waals surface area contributed by atoms with E-state index in [1.54, 1.807) is 0 Å². The Bertz CT molecular complexity index is 139. The fourth-order valence-electron chi connectivity index (χ4n) is 0.717. The van der Waals surface area contributed by atoms with E-state index in [2.05, 4.69) is 6.26 Å². The fraction of sp³-hybridized carbons (Fsp3) is 0.333. The van der Waals surface area contributed by atoms with Crippen molar-refractivity contribution < 1.29 is 18.9 Å². The normalized spacial score (nSPS) is 23.6. The summed E-state index contributed by atoms with van der Waals surface area (Å²) >= 11 is 0. The Hall–Kier alpha value is -1.32. The van der Waals surface area contributed by atoms with Crippen LogP contribution in [0.4, 0.5) is 0 Å². The van der Waals surface area contributed by atoms with Crippen LogP contribution in [0.3, 0.4) is 0 Å². The molecule has 0 spiro atoms. The van der Waals surface area contributed by atoms with Crippen LogP contribution in [0.25, 0.3) is 0 Å². The van der Waals surface area contributed by atoms with Gasteiger partial charge in [0.15, 0.2) is 0 Å². The van der Waals surface area contributed by atoms with E-state index in [4.69, 9.17) is 18.9 Å². The summed E-state index contributed by atoms with van der Waals surface area (Å²) in [6, 6.07) is 0. The molecule has 4 nitrogen and oxygen atoms in total. The van der Waals surface area contributed by atoms with Gasteiger partial charge in [0.1, 0.15) is 18.8 Å². The van der Waals surface area contributed by atoms with Gasteiger partial charge in [-0.3, -0.25) is 0 Å². The van der Waals surface area contributed by atoms with Gasteiger partial charge in [0.25, 0.3) is 0 Å². The second-order valence-corrected chi connectivity index (χ2v) is 1.77. The third-order valence-electron chi connectivity index (χ3n) is 1.14. The van der Waals surface area contributed by atoms with Crippen LogP contribution < -0.4 is 0 Å². The molecule has 0 saturated heterocycles. The third kappa shape index (κ3) is 0.775. The van der Waals surface area contributed by atoms with Crippen LogP contribution in [0.15, 0.2) is 18.8 Å². The van der Waals surface area contributed by atoms with Gasteiger partial charge in [-0.1, -0.05) is 0 Å². The number of hydrogen-bond donors (Lipinski definition) is 0. The van der Waals surface area contributed by atoms with Gasteiger partial charge >= 0.3 is 12.6 Å². The van der Waals surface area contributed by atoms with Crippen molar-refractivity contribution in [3.63, 3.8) is 0 Å². The van der Waals surface area contributed by atoms with E-state index in [1.807, 2.05) is 0 Å². The lowest BCUT2D eigenvalue weighted by molar-refractivity contribution is -0.187. The van der Waals surface area contributed by atoms with Gasteiger partial charge in [-0.15, -0.1) is 0 Å². The minimum atomic E-state index is -0.519. The predicted molar refractivity (Wildman–Crippen MR) is 28.9 cm³/mol. The first-order valence-electron chi connectivity index (χ1n) is 2.81. The lowest BCUT2D eigenvalue weighted by Gasteiger charge is -2.15. The summed E-state index contributed by atoms with van der Waals surface area (Å²) in [7, 11) is 0. The topological polar surface area (TPSA) is 36.9 Å². The van der Waals surface area contributed by atoms with E-state index in [9.17, 15) is 0 Å². The van der Waals surface area contributed by atoms with Crippen LogP contribution in [0.5, 0.6) is 0 Å². The first-order valence-corrected chi connectivity index (χ1v) is 2.81. The quantitative estimate of drug-likeness (QED) is 0.532. The van der Waals surface area contributed by atoms with Crippen LogP contribution >= 0.6 is 0 Å². The molecule has 0 aromatic heterocycles. The minimum Gasteiger partial charge on any atom is -0.453 e. The lowest BCUT2D eigenvalue weighted by Crippen LogP contribution is -2.27. The van der Waals surface area contributed by atoms with Gasteiger partial charge in [0.2, 0.25) is 6.26 Å². The monoisotopic (exact) mass is 141 g/mol. The Labute approximate surface area is 57.6 Å². The Morgan fingerprint density at radius 1 is 1.00 bits per heavy atom. The van der Waals surface area contributed by atoms with Gasteiger partial charge in [0, 0.05) is 0 Å². The molecule has 0 N–H and O–H groups in total. The van der Waals surface area contributed by atoms with Gasteiger partial charge in [-0.05, 0) is 0 Å². The molecule has 0 aliphatic carbocycles. The Morgan fingerprint density at radius 3 is 2.40 bits per heavy atom. The highest BCUT2D eigenvalue weighted by atomic mass is 16.8. The molecular weight excluding hydrogens is 136 g/mol. The maximum atomic E-state index is 4.92. The highest BCUT2D eigenvalue weighted by Gasteiger charge is 2.30. The SMILES string of the molecule is [C]1=COC(C2OC=CO2)O1. The zero-order valence-electron chi connectivity index (χ0n) is 5.02. The smallest absolute Gasteiger partial charge is 0.315 e. The van der Waals surface area contributed by atoms with E-state index in [1.165, 1.54) is 18.8 Å². The first-order chi connectivity index (χ1) is 4.97. The zero-order chi connectivity index (χ0) is 6.81. The van der Waals surface area contributed by atoms with E-state index >= 15 is 0 Å². The van der Waals surface area contributed by atoms with Crippen LogP contribution in [0, 0.1) is 6.26 Å². The molecule has 1 unspecified atom stereocenters. The van der Waals surface area contributed by atoms with Crippen LogP contribution in [0.1, 0.15) is 0 Å². The molecule has 1 atom stereocenters. The van der Waals surface area contributed by atoms with E-state index in [0.717, 1.165) is 0 Å². The lowest BCUT2D eigenvalue weighted by atomic mass is 10.6. The summed E-state index contributed by atoms with van der Waals surface area (Å²) in [5, 5.41) is 0. The average Bonchev–Trinajstić information content (AvgIpc) is 2.59. The molecule has 2 rings (SSSR count). The number of ether oxygens (including phenoxy) is 4. The van der Waals surface area contributed by atoms with Crippen molar-refractivity contribution in [1.29, 1.82) is 0 Å². The van der Waals surface area contributed by atoms with Crippen molar-refractivity contribution in [3.8, 4) is 0 Å². The molecule has 2 aliphatic rings. The van der Waals surface area contributed by atoms with Crippen molar-refractivity contribution in [1.82, 2.24) is 0 Å². The number of hydrogen-bond acceptors (Lipinski definition) is 4. The summed E-state index contributed by atoms with van der Waals surface area (Å²) < 4.78 is 19.6. The minimum absolute atomic E-state index is 0.494. The van der Waals surface area contributed by atoms with Crippen molar-refractivity contribution in [3.05, 3.63) is 25.0 Å². The summed E-state index contributed by atoms with van der Waals surface area (Å²) in [5.74, 6) is 0. The van der Waals surface area contributed by atoms with E-state index in [-0.39, 0.29) is 0 Å². The molecule has 53 valence electrons. The molecule has 0 aromatic carbocycles. The summed E-state index contributed by atoms with van der Waals surface area (Å²) in [6.45, 7) is 0. The molecule has 10 heavy (non-hydrogen) atoms. The maximum Gasteiger partial charge on any atom is 0.315 e. The second-order valence-electron chi connectivity index (χ2n) is 1.77.